The quantitative estimate of drug-likeness (QED) is 0.778. The molecule has 2 heterocycles. The molecule has 0 amide bonds. The second kappa shape index (κ2) is 7.37. The molecule has 0 aromatic carbocycles. The van der Waals surface area contributed by atoms with Crippen molar-refractivity contribution in [2.24, 2.45) is 0 Å². The van der Waals surface area contributed by atoms with Gasteiger partial charge in [-0.3, -0.25) is 5.43 Å². The van der Waals surface area contributed by atoms with Gasteiger partial charge in [0.25, 0.3) is 0 Å². The van der Waals surface area contributed by atoms with Gasteiger partial charge in [0, 0.05) is 46.8 Å². The third kappa shape index (κ3) is 4.68. The molecule has 0 radical (unpaired) electrons. The van der Waals surface area contributed by atoms with E-state index in [0.717, 1.165) is 39.1 Å². The first kappa shape index (κ1) is 15.7. The maximum Gasteiger partial charge on any atom is 0.244 e. The van der Waals surface area contributed by atoms with Crippen molar-refractivity contribution in [3.63, 3.8) is 0 Å². The fourth-order valence-corrected chi connectivity index (χ4v) is 1.99. The second-order valence-electron chi connectivity index (χ2n) is 5.51. The number of likely N-dealkylation sites (N-methyl/N-ethyl adjacent to an activating group) is 1. The van der Waals surface area contributed by atoms with E-state index in [0.29, 0.717) is 17.8 Å². The molecule has 1 aliphatic rings. The van der Waals surface area contributed by atoms with Gasteiger partial charge in [-0.1, -0.05) is 6.92 Å². The molecule has 0 bridgehead atoms. The van der Waals surface area contributed by atoms with Crippen molar-refractivity contribution in [1.82, 2.24) is 24.9 Å². The lowest BCUT2D eigenvalue weighted by molar-refractivity contribution is 0.178. The molecule has 0 atom stereocenters. The summed E-state index contributed by atoms with van der Waals surface area (Å²) >= 11 is 0. The summed E-state index contributed by atoms with van der Waals surface area (Å²) in [5.41, 5.74) is 3.29. The summed E-state index contributed by atoms with van der Waals surface area (Å²) in [4.78, 5) is 17.5. The molecule has 0 saturated carbocycles. The summed E-state index contributed by atoms with van der Waals surface area (Å²) in [7, 11) is 5.99. The lowest BCUT2D eigenvalue weighted by Gasteiger charge is -2.32. The predicted octanol–water partition coefficient (Wildman–Crippen LogP) is 0.334. The summed E-state index contributed by atoms with van der Waals surface area (Å²) in [6, 6.07) is 0. The van der Waals surface area contributed by atoms with Crippen LogP contribution in [0, 0.1) is 0 Å². The molecule has 0 aliphatic carbocycles. The van der Waals surface area contributed by atoms with Crippen molar-refractivity contribution >= 4 is 17.8 Å². The van der Waals surface area contributed by atoms with Crippen LogP contribution >= 0.6 is 0 Å². The van der Waals surface area contributed by atoms with E-state index in [9.17, 15) is 0 Å². The maximum absolute atomic E-state index is 4.45. The minimum Gasteiger partial charge on any atom is -0.354 e. The number of piperazine rings is 1. The molecule has 1 saturated heterocycles. The van der Waals surface area contributed by atoms with Crippen molar-refractivity contribution in [3.8, 4) is 0 Å². The fourth-order valence-electron chi connectivity index (χ4n) is 1.99. The Labute approximate surface area is 126 Å². The summed E-state index contributed by atoms with van der Waals surface area (Å²) in [6.07, 6.45) is 1.03. The molecule has 1 aromatic rings. The van der Waals surface area contributed by atoms with Crippen molar-refractivity contribution in [2.45, 2.75) is 13.3 Å². The van der Waals surface area contributed by atoms with Gasteiger partial charge in [-0.05, 0) is 13.5 Å². The Morgan fingerprint density at radius 3 is 2.33 bits per heavy atom. The van der Waals surface area contributed by atoms with Crippen LogP contribution in [0.25, 0.3) is 0 Å². The molecule has 2 rings (SSSR count). The molecule has 0 spiro atoms. The molecule has 0 unspecified atom stereocenters. The van der Waals surface area contributed by atoms with Crippen molar-refractivity contribution in [1.29, 1.82) is 0 Å². The Morgan fingerprint density at radius 2 is 1.71 bits per heavy atom. The molecule has 118 valence electrons. The van der Waals surface area contributed by atoms with Gasteiger partial charge in [-0.25, -0.2) is 5.01 Å². The van der Waals surface area contributed by atoms with Crippen molar-refractivity contribution in [2.75, 3.05) is 69.5 Å². The fraction of sp³-hybridized carbons (Fsp3) is 0.769. The van der Waals surface area contributed by atoms with Crippen LogP contribution in [0.1, 0.15) is 13.3 Å². The molecule has 1 aromatic heterocycles. The van der Waals surface area contributed by atoms with Crippen LogP contribution in [0.5, 0.6) is 0 Å². The maximum atomic E-state index is 4.45. The first-order valence-electron chi connectivity index (χ1n) is 7.46. The molecule has 2 N–H and O–H groups in total. The summed E-state index contributed by atoms with van der Waals surface area (Å²) in [6.45, 7) is 6.96. The Hall–Kier alpha value is -1.67. The zero-order valence-corrected chi connectivity index (χ0v) is 13.4. The van der Waals surface area contributed by atoms with Gasteiger partial charge in [0.05, 0.1) is 0 Å². The highest BCUT2D eigenvalue weighted by atomic mass is 15.6. The summed E-state index contributed by atoms with van der Waals surface area (Å²) in [5.74, 6) is 1.87. The Kier molecular flexibility index (Phi) is 5.51. The Morgan fingerprint density at radius 1 is 1.05 bits per heavy atom. The van der Waals surface area contributed by atoms with Gasteiger partial charge in [-0.2, -0.15) is 15.0 Å². The van der Waals surface area contributed by atoms with Crippen LogP contribution in [0.15, 0.2) is 0 Å². The number of rotatable bonds is 6. The van der Waals surface area contributed by atoms with Gasteiger partial charge in [0.1, 0.15) is 0 Å². The molecule has 8 heteroatoms. The first-order chi connectivity index (χ1) is 10.1. The van der Waals surface area contributed by atoms with Crippen LogP contribution in [-0.4, -0.2) is 78.7 Å². The van der Waals surface area contributed by atoms with E-state index in [-0.39, 0.29) is 0 Å². The van der Waals surface area contributed by atoms with E-state index in [1.54, 1.807) is 0 Å². The lowest BCUT2D eigenvalue weighted by atomic mass is 10.4. The highest BCUT2D eigenvalue weighted by molar-refractivity contribution is 5.42. The zero-order chi connectivity index (χ0) is 15.2. The average molecular weight is 294 g/mol. The SMILES string of the molecule is CCCNc1nc(NN2CCN(C)CC2)nc(N(C)C)n1. The number of nitrogens with zero attached hydrogens (tertiary/aromatic N) is 6. The lowest BCUT2D eigenvalue weighted by Crippen LogP contribution is -2.47. The van der Waals surface area contributed by atoms with Gasteiger partial charge in [0.15, 0.2) is 0 Å². The number of anilines is 3. The van der Waals surface area contributed by atoms with Crippen LogP contribution in [0.3, 0.4) is 0 Å². The first-order valence-corrected chi connectivity index (χ1v) is 7.46. The number of nitrogens with one attached hydrogen (secondary N) is 2. The van der Waals surface area contributed by atoms with E-state index in [1.165, 1.54) is 0 Å². The highest BCUT2D eigenvalue weighted by Crippen LogP contribution is 2.12. The number of aromatic nitrogens is 3. The van der Waals surface area contributed by atoms with Crippen molar-refractivity contribution in [3.05, 3.63) is 0 Å². The minimum atomic E-state index is 0.594. The highest BCUT2D eigenvalue weighted by Gasteiger charge is 2.16. The molecule has 1 fully saturated rings. The van der Waals surface area contributed by atoms with Crippen LogP contribution < -0.4 is 15.6 Å². The topological polar surface area (TPSA) is 72.5 Å². The molecular weight excluding hydrogens is 268 g/mol. The van der Waals surface area contributed by atoms with Gasteiger partial charge in [0.2, 0.25) is 17.8 Å². The largest absolute Gasteiger partial charge is 0.354 e. The smallest absolute Gasteiger partial charge is 0.244 e. The number of hydrogen-bond donors (Lipinski definition) is 2. The minimum absolute atomic E-state index is 0.594. The van der Waals surface area contributed by atoms with Gasteiger partial charge < -0.3 is 15.1 Å². The van der Waals surface area contributed by atoms with E-state index in [4.69, 9.17) is 0 Å². The normalized spacial score (nSPS) is 16.8. The Bertz CT molecular complexity index is 442. The third-order valence-electron chi connectivity index (χ3n) is 3.32. The van der Waals surface area contributed by atoms with Crippen LogP contribution in [-0.2, 0) is 0 Å². The standard InChI is InChI=1S/C13H26N8/c1-5-6-14-11-15-12(17-13(16-11)19(2)3)18-21-9-7-20(4)8-10-21/h5-10H2,1-4H3,(H2,14,15,16,17,18). The third-order valence-corrected chi connectivity index (χ3v) is 3.32. The molecular formula is C13H26N8. The Balaban J connectivity index is 2.07. The van der Waals surface area contributed by atoms with Crippen LogP contribution in [0.4, 0.5) is 17.8 Å². The van der Waals surface area contributed by atoms with Crippen molar-refractivity contribution < 1.29 is 0 Å². The predicted molar refractivity (Wildman–Crippen MR) is 85.6 cm³/mol. The van der Waals surface area contributed by atoms with Gasteiger partial charge in [-0.15, -0.1) is 0 Å². The molecule has 21 heavy (non-hydrogen) atoms. The second-order valence-corrected chi connectivity index (χ2v) is 5.51. The van der Waals surface area contributed by atoms with Crippen LogP contribution in [0.2, 0.25) is 0 Å². The van der Waals surface area contributed by atoms with E-state index in [1.807, 2.05) is 19.0 Å². The average Bonchev–Trinajstić information content (AvgIpc) is 2.47. The number of hydrogen-bond acceptors (Lipinski definition) is 8. The summed E-state index contributed by atoms with van der Waals surface area (Å²) in [5, 5.41) is 5.37. The van der Waals surface area contributed by atoms with E-state index >= 15 is 0 Å². The zero-order valence-electron chi connectivity index (χ0n) is 13.4. The monoisotopic (exact) mass is 294 g/mol. The summed E-state index contributed by atoms with van der Waals surface area (Å²) < 4.78 is 0. The molecule has 1 aliphatic heterocycles. The van der Waals surface area contributed by atoms with Gasteiger partial charge >= 0.3 is 0 Å². The molecule has 8 nitrogen and oxygen atoms in total. The van der Waals surface area contributed by atoms with E-state index < -0.39 is 0 Å². The van der Waals surface area contributed by atoms with E-state index in [2.05, 4.69) is 49.6 Å². The number of hydrazine groups is 1.